The van der Waals surface area contributed by atoms with Crippen LogP contribution in [0.15, 0.2) is 24.3 Å². The molecule has 0 aromatic heterocycles. The van der Waals surface area contributed by atoms with Crippen molar-refractivity contribution in [2.24, 2.45) is 0 Å². The van der Waals surface area contributed by atoms with E-state index < -0.39 is 5.60 Å². The molecule has 22 heavy (non-hydrogen) atoms. The maximum atomic E-state index is 12.8. The van der Waals surface area contributed by atoms with Gasteiger partial charge in [-0.2, -0.15) is 0 Å². The van der Waals surface area contributed by atoms with Gasteiger partial charge in [0.2, 0.25) is 5.91 Å². The minimum absolute atomic E-state index is 0.0252. The molecular weight excluding hydrogens is 287 g/mol. The maximum Gasteiger partial charge on any atom is 0.253 e. The van der Waals surface area contributed by atoms with E-state index in [1.807, 2.05) is 0 Å². The number of carbonyl (C=O) groups excluding carboxylic acids is 2. The number of benzene rings is 1. The number of halogens is 1. The third-order valence-corrected chi connectivity index (χ3v) is 3.88. The van der Waals surface area contributed by atoms with E-state index in [2.05, 4.69) is 5.32 Å². The molecular formula is C16H21FN2O3. The van der Waals surface area contributed by atoms with Crippen molar-refractivity contribution in [3.05, 3.63) is 35.6 Å². The molecule has 0 saturated carbocycles. The Labute approximate surface area is 129 Å². The van der Waals surface area contributed by atoms with E-state index in [0.717, 1.165) is 5.56 Å². The number of aryl methyl sites for hydroxylation is 1. The van der Waals surface area contributed by atoms with Crippen molar-refractivity contribution in [2.45, 2.75) is 25.4 Å². The summed E-state index contributed by atoms with van der Waals surface area (Å²) in [5.41, 5.74) is -0.0875. The van der Waals surface area contributed by atoms with Crippen molar-refractivity contribution in [2.75, 3.05) is 26.7 Å². The van der Waals surface area contributed by atoms with Crippen molar-refractivity contribution in [3.8, 4) is 0 Å². The Morgan fingerprint density at radius 1 is 1.36 bits per heavy atom. The molecule has 6 heteroatoms. The number of hydrogen-bond acceptors (Lipinski definition) is 3. The summed E-state index contributed by atoms with van der Waals surface area (Å²) < 4.78 is 18.4. The van der Waals surface area contributed by atoms with Crippen LogP contribution in [-0.4, -0.2) is 49.1 Å². The number of nitrogens with zero attached hydrogens (tertiary/aromatic N) is 1. The molecule has 2 rings (SSSR count). The number of nitrogens with one attached hydrogen (secondary N) is 1. The van der Waals surface area contributed by atoms with Gasteiger partial charge in [0.05, 0.1) is 13.2 Å². The molecule has 1 N–H and O–H groups in total. The average Bonchev–Trinajstić information content (AvgIpc) is 2.53. The first-order valence-corrected chi connectivity index (χ1v) is 7.33. The van der Waals surface area contributed by atoms with Gasteiger partial charge in [-0.15, -0.1) is 0 Å². The van der Waals surface area contributed by atoms with Crippen LogP contribution in [0.1, 0.15) is 18.9 Å². The van der Waals surface area contributed by atoms with E-state index in [9.17, 15) is 14.0 Å². The first-order chi connectivity index (χ1) is 10.4. The fourth-order valence-electron chi connectivity index (χ4n) is 2.55. The lowest BCUT2D eigenvalue weighted by Gasteiger charge is -2.39. The molecule has 1 atom stereocenters. The number of ether oxygens (including phenoxy) is 1. The first-order valence-electron chi connectivity index (χ1n) is 7.33. The van der Waals surface area contributed by atoms with E-state index >= 15 is 0 Å². The molecule has 1 aliphatic rings. The molecule has 1 saturated heterocycles. The number of rotatable bonds is 4. The molecule has 5 nitrogen and oxygen atoms in total. The highest BCUT2D eigenvalue weighted by molar-refractivity contribution is 5.86. The Bertz CT molecular complexity index is 547. The summed E-state index contributed by atoms with van der Waals surface area (Å²) in [4.78, 5) is 25.8. The van der Waals surface area contributed by atoms with Crippen LogP contribution in [0, 0.1) is 5.82 Å². The van der Waals surface area contributed by atoms with Crippen LogP contribution in [0.3, 0.4) is 0 Å². The topological polar surface area (TPSA) is 58.6 Å². The van der Waals surface area contributed by atoms with E-state index in [1.54, 1.807) is 31.0 Å². The summed E-state index contributed by atoms with van der Waals surface area (Å²) in [7, 11) is 1.55. The largest absolute Gasteiger partial charge is 0.362 e. The molecule has 120 valence electrons. The SMILES string of the molecule is CNC(=O)[C@]1(C)CN(C(=O)CCc2ccc(F)cc2)CCO1. The lowest BCUT2D eigenvalue weighted by molar-refractivity contribution is -0.162. The van der Waals surface area contributed by atoms with E-state index in [0.29, 0.717) is 26.0 Å². The smallest absolute Gasteiger partial charge is 0.253 e. The highest BCUT2D eigenvalue weighted by Gasteiger charge is 2.39. The average molecular weight is 308 g/mol. The number of amides is 2. The maximum absolute atomic E-state index is 12.8. The monoisotopic (exact) mass is 308 g/mol. The van der Waals surface area contributed by atoms with Crippen LogP contribution in [0.4, 0.5) is 4.39 Å². The Balaban J connectivity index is 1.92. The fraction of sp³-hybridized carbons (Fsp3) is 0.500. The standard InChI is InChI=1S/C16H21FN2O3/c1-16(15(21)18-2)11-19(9-10-22-16)14(20)8-5-12-3-6-13(17)7-4-12/h3-4,6-7H,5,8-11H2,1-2H3,(H,18,21)/t16-/m0/s1. The van der Waals surface area contributed by atoms with Crippen molar-refractivity contribution in [1.29, 1.82) is 0 Å². The van der Waals surface area contributed by atoms with Crippen molar-refractivity contribution >= 4 is 11.8 Å². The molecule has 0 bridgehead atoms. The van der Waals surface area contributed by atoms with Crippen LogP contribution < -0.4 is 5.32 Å². The molecule has 0 unspecified atom stereocenters. The van der Waals surface area contributed by atoms with Crippen molar-refractivity contribution < 1.29 is 18.7 Å². The molecule has 1 aromatic rings. The summed E-state index contributed by atoms with van der Waals surface area (Å²) >= 11 is 0. The van der Waals surface area contributed by atoms with Gasteiger partial charge < -0.3 is 15.0 Å². The van der Waals surface area contributed by atoms with Gasteiger partial charge in [-0.1, -0.05) is 12.1 Å². The number of morpholine rings is 1. The highest BCUT2D eigenvalue weighted by atomic mass is 19.1. The van der Waals surface area contributed by atoms with Gasteiger partial charge in [0.25, 0.3) is 5.91 Å². The van der Waals surface area contributed by atoms with Crippen LogP contribution >= 0.6 is 0 Å². The van der Waals surface area contributed by atoms with Gasteiger partial charge in [0.1, 0.15) is 5.82 Å². The summed E-state index contributed by atoms with van der Waals surface area (Å²) in [6.45, 7) is 2.75. The summed E-state index contributed by atoms with van der Waals surface area (Å²) in [5, 5.41) is 2.56. The minimum Gasteiger partial charge on any atom is -0.362 e. The van der Waals surface area contributed by atoms with Gasteiger partial charge in [-0.3, -0.25) is 9.59 Å². The quantitative estimate of drug-likeness (QED) is 0.907. The Morgan fingerprint density at radius 3 is 2.68 bits per heavy atom. The minimum atomic E-state index is -1.00. The zero-order chi connectivity index (χ0) is 16.2. The molecule has 0 spiro atoms. The number of carbonyl (C=O) groups is 2. The normalized spacial score (nSPS) is 21.5. The Kier molecular flexibility index (Phi) is 5.13. The van der Waals surface area contributed by atoms with E-state index in [1.165, 1.54) is 12.1 Å². The molecule has 0 radical (unpaired) electrons. The van der Waals surface area contributed by atoms with E-state index in [-0.39, 0.29) is 24.2 Å². The molecule has 1 heterocycles. The first kappa shape index (κ1) is 16.4. The summed E-state index contributed by atoms with van der Waals surface area (Å²) in [5.74, 6) is -0.545. The predicted octanol–water partition coefficient (Wildman–Crippen LogP) is 1.12. The van der Waals surface area contributed by atoms with E-state index in [4.69, 9.17) is 4.74 Å². The Hall–Kier alpha value is -1.95. The van der Waals surface area contributed by atoms with Gasteiger partial charge in [0.15, 0.2) is 5.60 Å². The third kappa shape index (κ3) is 3.82. The molecule has 0 aliphatic carbocycles. The van der Waals surface area contributed by atoms with Crippen LogP contribution in [-0.2, 0) is 20.7 Å². The zero-order valence-corrected chi connectivity index (χ0v) is 12.9. The lowest BCUT2D eigenvalue weighted by atomic mass is 10.0. The molecule has 1 fully saturated rings. The number of likely N-dealkylation sites (N-methyl/N-ethyl adjacent to an activating group) is 1. The Morgan fingerprint density at radius 2 is 2.05 bits per heavy atom. The zero-order valence-electron chi connectivity index (χ0n) is 12.9. The third-order valence-electron chi connectivity index (χ3n) is 3.88. The predicted molar refractivity (Wildman–Crippen MR) is 79.7 cm³/mol. The van der Waals surface area contributed by atoms with Crippen LogP contribution in [0.5, 0.6) is 0 Å². The van der Waals surface area contributed by atoms with Crippen LogP contribution in [0.25, 0.3) is 0 Å². The molecule has 2 amide bonds. The van der Waals surface area contributed by atoms with Gasteiger partial charge in [-0.05, 0) is 31.0 Å². The molecule has 1 aromatic carbocycles. The molecule has 1 aliphatic heterocycles. The second kappa shape index (κ2) is 6.87. The van der Waals surface area contributed by atoms with Crippen LogP contribution in [0.2, 0.25) is 0 Å². The fourth-order valence-corrected chi connectivity index (χ4v) is 2.55. The summed E-state index contributed by atoms with van der Waals surface area (Å²) in [6.07, 6.45) is 0.878. The van der Waals surface area contributed by atoms with Gasteiger partial charge in [-0.25, -0.2) is 4.39 Å². The van der Waals surface area contributed by atoms with Gasteiger partial charge >= 0.3 is 0 Å². The highest BCUT2D eigenvalue weighted by Crippen LogP contribution is 2.19. The van der Waals surface area contributed by atoms with Gasteiger partial charge in [0, 0.05) is 20.0 Å². The number of hydrogen-bond donors (Lipinski definition) is 1. The summed E-state index contributed by atoms with van der Waals surface area (Å²) in [6, 6.07) is 6.13. The second-order valence-corrected chi connectivity index (χ2v) is 5.60. The lowest BCUT2D eigenvalue weighted by Crippen LogP contribution is -2.58. The second-order valence-electron chi connectivity index (χ2n) is 5.60. The van der Waals surface area contributed by atoms with Crippen molar-refractivity contribution in [3.63, 3.8) is 0 Å². The van der Waals surface area contributed by atoms with Crippen molar-refractivity contribution in [1.82, 2.24) is 10.2 Å².